The van der Waals surface area contributed by atoms with Crippen LogP contribution in [0.4, 0.5) is 0 Å². The van der Waals surface area contributed by atoms with Gasteiger partial charge in [0, 0.05) is 31.1 Å². The van der Waals surface area contributed by atoms with Crippen molar-refractivity contribution >= 4 is 17.3 Å². The van der Waals surface area contributed by atoms with Crippen molar-refractivity contribution in [1.82, 2.24) is 20.5 Å². The summed E-state index contributed by atoms with van der Waals surface area (Å²) < 4.78 is 0. The maximum absolute atomic E-state index is 4.67. The highest BCUT2D eigenvalue weighted by Crippen LogP contribution is 2.21. The average molecular weight is 352 g/mol. The lowest BCUT2D eigenvalue weighted by atomic mass is 10.2. The maximum Gasteiger partial charge on any atom is 0.191 e. The van der Waals surface area contributed by atoms with Gasteiger partial charge in [0.1, 0.15) is 5.01 Å². The van der Waals surface area contributed by atoms with Crippen LogP contribution in [0.5, 0.6) is 0 Å². The van der Waals surface area contributed by atoms with Crippen LogP contribution in [-0.2, 0) is 6.54 Å². The topological polar surface area (TPSA) is 52.6 Å². The molecule has 6 heteroatoms. The van der Waals surface area contributed by atoms with E-state index in [0.717, 1.165) is 36.6 Å². The van der Waals surface area contributed by atoms with Crippen molar-refractivity contribution in [2.45, 2.75) is 65.0 Å². The zero-order chi connectivity index (χ0) is 17.4. The minimum absolute atomic E-state index is 0.483. The first-order chi connectivity index (χ1) is 11.6. The standard InChI is InChI=1S/C18H33N5S/c1-5-19-18(20-10-11-23(4)15-8-6-7-9-15)21-12-17-22-16(13-24-17)14(2)3/h13-15H,5-12H2,1-4H3,(H2,19,20,21). The summed E-state index contributed by atoms with van der Waals surface area (Å²) in [5, 5.41) is 10.00. The second-order valence-electron chi connectivity index (χ2n) is 6.86. The number of rotatable bonds is 8. The Balaban J connectivity index is 1.79. The number of likely N-dealkylation sites (N-methyl/N-ethyl adjacent to an activating group) is 1. The molecule has 136 valence electrons. The fourth-order valence-corrected chi connectivity index (χ4v) is 3.91. The fourth-order valence-electron chi connectivity index (χ4n) is 3.03. The highest BCUT2D eigenvalue weighted by atomic mass is 32.1. The smallest absolute Gasteiger partial charge is 0.191 e. The van der Waals surface area contributed by atoms with E-state index in [4.69, 9.17) is 0 Å². The Morgan fingerprint density at radius 3 is 2.75 bits per heavy atom. The first kappa shape index (κ1) is 19.2. The van der Waals surface area contributed by atoms with Crippen LogP contribution in [0.15, 0.2) is 10.4 Å². The molecule has 0 bridgehead atoms. The van der Waals surface area contributed by atoms with Crippen molar-refractivity contribution in [2.75, 3.05) is 26.7 Å². The Kier molecular flexibility index (Phi) is 7.99. The molecule has 1 fully saturated rings. The second-order valence-corrected chi connectivity index (χ2v) is 7.80. The van der Waals surface area contributed by atoms with Gasteiger partial charge in [0.05, 0.1) is 12.2 Å². The van der Waals surface area contributed by atoms with Crippen LogP contribution in [-0.4, -0.2) is 48.6 Å². The van der Waals surface area contributed by atoms with Crippen LogP contribution in [0, 0.1) is 0 Å². The molecule has 2 rings (SSSR count). The van der Waals surface area contributed by atoms with Crippen LogP contribution in [0.3, 0.4) is 0 Å². The molecule has 5 nitrogen and oxygen atoms in total. The largest absolute Gasteiger partial charge is 0.357 e. The number of guanidine groups is 1. The number of nitrogens with one attached hydrogen (secondary N) is 2. The van der Waals surface area contributed by atoms with E-state index in [1.54, 1.807) is 11.3 Å². The molecule has 1 aliphatic rings. The van der Waals surface area contributed by atoms with Crippen molar-refractivity contribution in [3.05, 3.63) is 16.1 Å². The van der Waals surface area contributed by atoms with Gasteiger partial charge in [0.15, 0.2) is 5.96 Å². The molecule has 1 aromatic heterocycles. The van der Waals surface area contributed by atoms with Gasteiger partial charge in [-0.15, -0.1) is 11.3 Å². The van der Waals surface area contributed by atoms with E-state index in [9.17, 15) is 0 Å². The molecule has 0 aromatic carbocycles. The van der Waals surface area contributed by atoms with E-state index in [-0.39, 0.29) is 0 Å². The predicted molar refractivity (Wildman–Crippen MR) is 104 cm³/mol. The summed E-state index contributed by atoms with van der Waals surface area (Å²) in [7, 11) is 2.24. The summed E-state index contributed by atoms with van der Waals surface area (Å²) in [6, 6.07) is 0.774. The predicted octanol–water partition coefficient (Wildman–Crippen LogP) is 3.20. The summed E-state index contributed by atoms with van der Waals surface area (Å²) in [5.74, 6) is 1.37. The van der Waals surface area contributed by atoms with E-state index in [1.807, 2.05) is 0 Å². The summed E-state index contributed by atoms with van der Waals surface area (Å²) >= 11 is 1.70. The monoisotopic (exact) mass is 351 g/mol. The van der Waals surface area contributed by atoms with Gasteiger partial charge in [-0.3, -0.25) is 0 Å². The number of hydrogen-bond donors (Lipinski definition) is 2. The normalized spacial score (nSPS) is 16.3. The molecule has 0 spiro atoms. The molecule has 2 N–H and O–H groups in total. The van der Waals surface area contributed by atoms with Gasteiger partial charge >= 0.3 is 0 Å². The van der Waals surface area contributed by atoms with Crippen molar-refractivity contribution in [2.24, 2.45) is 4.99 Å². The van der Waals surface area contributed by atoms with Crippen LogP contribution in [0.1, 0.15) is 63.1 Å². The Morgan fingerprint density at radius 2 is 2.12 bits per heavy atom. The lowest BCUT2D eigenvalue weighted by Crippen LogP contribution is -2.42. The molecule has 0 aliphatic heterocycles. The fraction of sp³-hybridized carbons (Fsp3) is 0.778. The molecule has 1 saturated carbocycles. The van der Waals surface area contributed by atoms with Crippen LogP contribution in [0.2, 0.25) is 0 Å². The Labute approximate surface area is 151 Å². The Bertz CT molecular complexity index is 505. The molecular weight excluding hydrogens is 318 g/mol. The van der Waals surface area contributed by atoms with E-state index in [0.29, 0.717) is 12.5 Å². The molecule has 1 aromatic rings. The lowest BCUT2D eigenvalue weighted by molar-refractivity contribution is 0.249. The third kappa shape index (κ3) is 6.06. The number of thiazole rings is 1. The lowest BCUT2D eigenvalue weighted by Gasteiger charge is -2.24. The molecule has 1 heterocycles. The molecule has 0 saturated heterocycles. The van der Waals surface area contributed by atoms with Gasteiger partial charge in [0.25, 0.3) is 0 Å². The van der Waals surface area contributed by atoms with Gasteiger partial charge < -0.3 is 15.5 Å². The molecule has 1 aliphatic carbocycles. The minimum atomic E-state index is 0.483. The third-order valence-corrected chi connectivity index (χ3v) is 5.43. The highest BCUT2D eigenvalue weighted by molar-refractivity contribution is 7.09. The van der Waals surface area contributed by atoms with Crippen LogP contribution < -0.4 is 10.6 Å². The Hall–Kier alpha value is -1.14. The van der Waals surface area contributed by atoms with Gasteiger partial charge in [-0.05, 0) is 32.7 Å². The third-order valence-electron chi connectivity index (χ3n) is 4.58. The van der Waals surface area contributed by atoms with Crippen LogP contribution >= 0.6 is 11.3 Å². The second kappa shape index (κ2) is 9.99. The van der Waals surface area contributed by atoms with E-state index in [2.05, 4.69) is 58.7 Å². The molecular formula is C18H33N5S. The molecule has 24 heavy (non-hydrogen) atoms. The average Bonchev–Trinajstić information content (AvgIpc) is 3.24. The van der Waals surface area contributed by atoms with Gasteiger partial charge in [-0.2, -0.15) is 0 Å². The van der Waals surface area contributed by atoms with E-state index in [1.165, 1.54) is 31.4 Å². The highest BCUT2D eigenvalue weighted by Gasteiger charge is 2.18. The maximum atomic E-state index is 4.67. The summed E-state index contributed by atoms with van der Waals surface area (Å²) in [5.41, 5.74) is 1.17. The molecule has 0 amide bonds. The minimum Gasteiger partial charge on any atom is -0.357 e. The van der Waals surface area contributed by atoms with Gasteiger partial charge in [-0.25, -0.2) is 9.98 Å². The summed E-state index contributed by atoms with van der Waals surface area (Å²) in [4.78, 5) is 11.8. The first-order valence-electron chi connectivity index (χ1n) is 9.26. The van der Waals surface area contributed by atoms with Crippen molar-refractivity contribution in [3.8, 4) is 0 Å². The first-order valence-corrected chi connectivity index (χ1v) is 10.1. The Morgan fingerprint density at radius 1 is 1.38 bits per heavy atom. The van der Waals surface area contributed by atoms with Gasteiger partial charge in [-0.1, -0.05) is 26.7 Å². The molecule has 0 atom stereocenters. The number of hydrogen-bond acceptors (Lipinski definition) is 4. The number of nitrogens with zero attached hydrogens (tertiary/aromatic N) is 3. The van der Waals surface area contributed by atoms with Crippen molar-refractivity contribution < 1.29 is 0 Å². The summed E-state index contributed by atoms with van der Waals surface area (Å²) in [6.45, 7) is 9.95. The summed E-state index contributed by atoms with van der Waals surface area (Å²) in [6.07, 6.45) is 5.48. The zero-order valence-electron chi connectivity index (χ0n) is 15.6. The van der Waals surface area contributed by atoms with Crippen molar-refractivity contribution in [3.63, 3.8) is 0 Å². The van der Waals surface area contributed by atoms with Crippen molar-refractivity contribution in [1.29, 1.82) is 0 Å². The number of aliphatic imine (C=N–C) groups is 1. The van der Waals surface area contributed by atoms with E-state index >= 15 is 0 Å². The zero-order valence-corrected chi connectivity index (χ0v) is 16.5. The molecule has 0 unspecified atom stereocenters. The number of aromatic nitrogens is 1. The van der Waals surface area contributed by atoms with Gasteiger partial charge in [0.2, 0.25) is 0 Å². The quantitative estimate of drug-likeness (QED) is 0.558. The SMILES string of the molecule is CCNC(=NCc1nc(C(C)C)cs1)NCCN(C)C1CCCC1. The van der Waals surface area contributed by atoms with Crippen LogP contribution in [0.25, 0.3) is 0 Å². The van der Waals surface area contributed by atoms with E-state index < -0.39 is 0 Å². The molecule has 0 radical (unpaired) electrons.